The van der Waals surface area contributed by atoms with Crippen molar-refractivity contribution >= 4 is 29.1 Å². The zero-order chi connectivity index (χ0) is 21.4. The largest absolute Gasteiger partial charge is 0.507 e. The van der Waals surface area contributed by atoms with E-state index in [1.165, 1.54) is 28.2 Å². The summed E-state index contributed by atoms with van der Waals surface area (Å²) in [5.41, 5.74) is 3.62. The summed E-state index contributed by atoms with van der Waals surface area (Å²) >= 11 is 6.10. The number of phenols is 1. The second kappa shape index (κ2) is 8.15. The number of hydrogen-bond acceptors (Lipinski definition) is 4. The van der Waals surface area contributed by atoms with Crippen molar-refractivity contribution in [1.29, 1.82) is 0 Å². The second-order valence-electron chi connectivity index (χ2n) is 7.89. The number of rotatable bonds is 4. The Labute approximate surface area is 180 Å². The van der Waals surface area contributed by atoms with E-state index in [1.54, 1.807) is 6.07 Å². The van der Waals surface area contributed by atoms with E-state index in [4.69, 9.17) is 11.6 Å². The maximum atomic E-state index is 12.9. The van der Waals surface area contributed by atoms with Gasteiger partial charge in [0.05, 0.1) is 16.6 Å². The minimum Gasteiger partial charge on any atom is -0.507 e. The molecule has 0 spiro atoms. The first kappa shape index (κ1) is 20.5. The number of nitrogens with zero attached hydrogens (tertiary/aromatic N) is 1. The minimum absolute atomic E-state index is 0.0611. The first-order valence-corrected chi connectivity index (χ1v) is 10.7. The van der Waals surface area contributed by atoms with E-state index < -0.39 is 17.7 Å². The number of carbonyl (C=O) groups is 2. The van der Waals surface area contributed by atoms with Crippen molar-refractivity contribution < 1.29 is 19.8 Å². The van der Waals surface area contributed by atoms with Gasteiger partial charge < -0.3 is 15.1 Å². The number of hydrogen-bond donors (Lipinski definition) is 2. The molecular formula is C24H24ClNO4. The highest BCUT2D eigenvalue weighted by Crippen LogP contribution is 2.41. The van der Waals surface area contributed by atoms with Gasteiger partial charge in [-0.05, 0) is 67.0 Å². The van der Waals surface area contributed by atoms with Crippen LogP contribution in [0.25, 0.3) is 5.76 Å². The summed E-state index contributed by atoms with van der Waals surface area (Å²) in [4.78, 5) is 27.2. The molecule has 6 heteroatoms. The number of aliphatic hydroxyl groups excluding tert-OH is 1. The number of phenolic OH excluding ortho intramolecular Hbond substituents is 1. The van der Waals surface area contributed by atoms with E-state index in [1.807, 2.05) is 25.1 Å². The Kier molecular flexibility index (Phi) is 5.56. The average Bonchev–Trinajstić information content (AvgIpc) is 3.00. The number of carbonyl (C=O) groups excluding carboxylic acids is 2. The van der Waals surface area contributed by atoms with Crippen molar-refractivity contribution in [3.05, 3.63) is 69.2 Å². The van der Waals surface area contributed by atoms with Gasteiger partial charge in [-0.15, -0.1) is 0 Å². The molecule has 1 aliphatic heterocycles. The van der Waals surface area contributed by atoms with Crippen molar-refractivity contribution in [3.8, 4) is 5.75 Å². The minimum atomic E-state index is -0.751. The average molecular weight is 426 g/mol. The van der Waals surface area contributed by atoms with Gasteiger partial charge in [-0.3, -0.25) is 9.59 Å². The second-order valence-corrected chi connectivity index (χ2v) is 8.30. The lowest BCUT2D eigenvalue weighted by molar-refractivity contribution is -0.139. The number of likely N-dealkylation sites (tertiary alicyclic amines) is 1. The van der Waals surface area contributed by atoms with Gasteiger partial charge in [0.1, 0.15) is 11.5 Å². The highest BCUT2D eigenvalue weighted by atomic mass is 35.5. The Bertz CT molecular complexity index is 1060. The van der Waals surface area contributed by atoms with E-state index in [0.29, 0.717) is 24.1 Å². The molecule has 2 aromatic carbocycles. The van der Waals surface area contributed by atoms with E-state index in [9.17, 15) is 19.8 Å². The summed E-state index contributed by atoms with van der Waals surface area (Å²) in [5.74, 6) is -1.59. The van der Waals surface area contributed by atoms with Gasteiger partial charge in [-0.1, -0.05) is 36.7 Å². The van der Waals surface area contributed by atoms with Crippen LogP contribution in [0.15, 0.2) is 42.0 Å². The van der Waals surface area contributed by atoms with E-state index in [2.05, 4.69) is 0 Å². The van der Waals surface area contributed by atoms with Crippen LogP contribution in [-0.2, 0) is 22.4 Å². The number of aliphatic hydroxyl groups is 1. The molecule has 1 amide bonds. The third-order valence-corrected chi connectivity index (χ3v) is 6.22. The summed E-state index contributed by atoms with van der Waals surface area (Å²) in [6.45, 7) is 2.29. The van der Waals surface area contributed by atoms with Gasteiger partial charge in [0.15, 0.2) is 0 Å². The van der Waals surface area contributed by atoms with Crippen molar-refractivity contribution in [2.45, 2.75) is 45.1 Å². The van der Waals surface area contributed by atoms with Gasteiger partial charge in [0.2, 0.25) is 0 Å². The molecule has 1 fully saturated rings. The Hall–Kier alpha value is -2.79. The number of halogens is 1. The molecule has 0 aromatic heterocycles. The van der Waals surface area contributed by atoms with Gasteiger partial charge >= 0.3 is 0 Å². The number of Topliss-reactive ketones (excluding diaryl/α,β-unsaturated/α-hetero) is 1. The predicted octanol–water partition coefficient (Wildman–Crippen LogP) is 4.76. The molecule has 1 saturated heterocycles. The lowest BCUT2D eigenvalue weighted by Gasteiger charge is -2.25. The molecule has 0 radical (unpaired) electrons. The molecule has 1 heterocycles. The molecule has 5 nitrogen and oxygen atoms in total. The summed E-state index contributed by atoms with van der Waals surface area (Å²) < 4.78 is 0. The summed E-state index contributed by atoms with van der Waals surface area (Å²) in [6, 6.07) is 9.59. The highest BCUT2D eigenvalue weighted by Gasteiger charge is 2.45. The summed E-state index contributed by atoms with van der Waals surface area (Å²) in [6.07, 6.45) is 4.88. The molecule has 4 rings (SSSR count). The van der Waals surface area contributed by atoms with Crippen molar-refractivity contribution in [2.24, 2.45) is 0 Å². The molecule has 1 atom stereocenters. The number of aromatic hydroxyl groups is 1. The Balaban J connectivity index is 1.86. The highest BCUT2D eigenvalue weighted by molar-refractivity contribution is 6.46. The molecule has 30 heavy (non-hydrogen) atoms. The van der Waals surface area contributed by atoms with Crippen molar-refractivity contribution in [1.82, 2.24) is 4.90 Å². The van der Waals surface area contributed by atoms with Crippen molar-refractivity contribution in [3.63, 3.8) is 0 Å². The standard InChI is InChI=1S/C24H24ClNO4/c1-2-11-26-21(16-9-10-19(27)18(25)13-16)20(23(29)24(26)30)22(28)17-8-7-14-5-3-4-6-15(14)12-17/h7-10,12-13,21,27-28H,2-6,11H2,1H3/b22-20-. The van der Waals surface area contributed by atoms with Crippen LogP contribution in [0.1, 0.15) is 54.5 Å². The quantitative estimate of drug-likeness (QED) is 0.420. The Morgan fingerprint density at radius 3 is 2.53 bits per heavy atom. The molecule has 1 aliphatic carbocycles. The fourth-order valence-electron chi connectivity index (χ4n) is 4.43. The SMILES string of the molecule is CCCN1C(=O)C(=O)/C(=C(\O)c2ccc3c(c2)CCCC3)C1c1ccc(O)c(Cl)c1. The number of ketones is 1. The molecule has 0 bridgehead atoms. The summed E-state index contributed by atoms with van der Waals surface area (Å²) in [5, 5.41) is 21.1. The lowest BCUT2D eigenvalue weighted by Crippen LogP contribution is -2.30. The van der Waals surface area contributed by atoms with Crippen LogP contribution in [0, 0.1) is 0 Å². The van der Waals surface area contributed by atoms with Gasteiger partial charge in [0, 0.05) is 12.1 Å². The first-order valence-electron chi connectivity index (χ1n) is 10.3. The summed E-state index contributed by atoms with van der Waals surface area (Å²) in [7, 11) is 0. The normalized spacial score (nSPS) is 20.5. The zero-order valence-corrected chi connectivity index (χ0v) is 17.6. The monoisotopic (exact) mass is 425 g/mol. The molecule has 2 N–H and O–H groups in total. The van der Waals surface area contributed by atoms with E-state index in [0.717, 1.165) is 25.7 Å². The smallest absolute Gasteiger partial charge is 0.295 e. The third kappa shape index (κ3) is 3.47. The van der Waals surface area contributed by atoms with Crippen LogP contribution in [0.5, 0.6) is 5.75 Å². The Morgan fingerprint density at radius 1 is 1.10 bits per heavy atom. The molecular weight excluding hydrogens is 402 g/mol. The molecule has 2 aliphatic rings. The number of amides is 1. The first-order chi connectivity index (χ1) is 14.4. The van der Waals surface area contributed by atoms with Gasteiger partial charge in [-0.25, -0.2) is 0 Å². The fourth-order valence-corrected chi connectivity index (χ4v) is 4.62. The van der Waals surface area contributed by atoms with Crippen LogP contribution in [0.2, 0.25) is 5.02 Å². The van der Waals surface area contributed by atoms with Crippen LogP contribution in [-0.4, -0.2) is 33.3 Å². The van der Waals surface area contributed by atoms with Crippen LogP contribution in [0.3, 0.4) is 0 Å². The van der Waals surface area contributed by atoms with Crippen LogP contribution >= 0.6 is 11.6 Å². The zero-order valence-electron chi connectivity index (χ0n) is 16.8. The molecule has 1 unspecified atom stereocenters. The fraction of sp³-hybridized carbons (Fsp3) is 0.333. The maximum absolute atomic E-state index is 12.9. The molecule has 0 saturated carbocycles. The molecule has 156 valence electrons. The predicted molar refractivity (Wildman–Crippen MR) is 116 cm³/mol. The third-order valence-electron chi connectivity index (χ3n) is 5.91. The lowest BCUT2D eigenvalue weighted by atomic mass is 9.88. The number of benzene rings is 2. The Morgan fingerprint density at radius 2 is 1.83 bits per heavy atom. The van der Waals surface area contributed by atoms with Crippen LogP contribution in [0.4, 0.5) is 0 Å². The number of aryl methyl sites for hydroxylation is 2. The van der Waals surface area contributed by atoms with Gasteiger partial charge in [-0.2, -0.15) is 0 Å². The number of fused-ring (bicyclic) bond motifs is 1. The van der Waals surface area contributed by atoms with Gasteiger partial charge in [0.25, 0.3) is 11.7 Å². The van der Waals surface area contributed by atoms with Crippen molar-refractivity contribution in [2.75, 3.05) is 6.54 Å². The molecule has 2 aromatic rings. The van der Waals surface area contributed by atoms with Crippen LogP contribution < -0.4 is 0 Å². The van der Waals surface area contributed by atoms with E-state index >= 15 is 0 Å². The van der Waals surface area contributed by atoms with E-state index in [-0.39, 0.29) is 22.1 Å². The maximum Gasteiger partial charge on any atom is 0.295 e. The topological polar surface area (TPSA) is 77.8 Å².